The van der Waals surface area contributed by atoms with Gasteiger partial charge in [0.1, 0.15) is 0 Å². The van der Waals surface area contributed by atoms with Crippen LogP contribution in [0.25, 0.3) is 22.2 Å². The Labute approximate surface area is 164 Å². The molecule has 1 atom stereocenters. The fourth-order valence-corrected chi connectivity index (χ4v) is 5.05. The van der Waals surface area contributed by atoms with Crippen molar-refractivity contribution < 1.29 is 5.11 Å². The normalized spacial score (nSPS) is 20.3. The summed E-state index contributed by atoms with van der Waals surface area (Å²) >= 11 is 1.86. The fraction of sp³-hybridized carbons (Fsp3) is 0.364. The van der Waals surface area contributed by atoms with Gasteiger partial charge in [-0.15, -0.1) is 0 Å². The smallest absolute Gasteiger partial charge is 0.0486 e. The Bertz CT molecular complexity index is 917. The quantitative estimate of drug-likeness (QED) is 0.646. The lowest BCUT2D eigenvalue weighted by Crippen LogP contribution is -2.30. The molecule has 4 nitrogen and oxygen atoms in total. The van der Waals surface area contributed by atoms with Gasteiger partial charge in [0.15, 0.2) is 0 Å². The number of rotatable bonds is 5. The molecule has 0 saturated carbocycles. The predicted molar refractivity (Wildman–Crippen MR) is 113 cm³/mol. The molecule has 5 heteroatoms. The second kappa shape index (κ2) is 7.23. The van der Waals surface area contributed by atoms with Crippen LogP contribution in [0.1, 0.15) is 12.8 Å². The van der Waals surface area contributed by atoms with Crippen molar-refractivity contribution in [2.24, 2.45) is 5.92 Å². The molecule has 0 aliphatic carbocycles. The average molecular weight is 380 g/mol. The summed E-state index contributed by atoms with van der Waals surface area (Å²) in [4.78, 5) is 7.34. The first-order valence-corrected chi connectivity index (χ1v) is 10.6. The molecule has 2 aliphatic heterocycles. The highest BCUT2D eigenvalue weighted by atomic mass is 32.2. The van der Waals surface area contributed by atoms with E-state index in [1.165, 1.54) is 52.3 Å². The average Bonchev–Trinajstić information content (AvgIpc) is 3.31. The van der Waals surface area contributed by atoms with Crippen LogP contribution < -0.4 is 4.90 Å². The molecule has 5 rings (SSSR count). The van der Waals surface area contributed by atoms with E-state index in [1.807, 2.05) is 11.9 Å². The van der Waals surface area contributed by atoms with Crippen molar-refractivity contribution in [3.63, 3.8) is 0 Å². The summed E-state index contributed by atoms with van der Waals surface area (Å²) in [6.45, 7) is 4.58. The van der Waals surface area contributed by atoms with Crippen LogP contribution >= 0.6 is 11.9 Å². The molecule has 3 heterocycles. The Morgan fingerprint density at radius 2 is 1.96 bits per heavy atom. The van der Waals surface area contributed by atoms with Crippen molar-refractivity contribution in [1.82, 2.24) is 9.29 Å². The van der Waals surface area contributed by atoms with Crippen molar-refractivity contribution in [2.75, 3.05) is 37.7 Å². The first kappa shape index (κ1) is 17.2. The van der Waals surface area contributed by atoms with E-state index in [9.17, 15) is 5.11 Å². The molecule has 0 amide bonds. The van der Waals surface area contributed by atoms with Crippen molar-refractivity contribution >= 4 is 28.5 Å². The molecule has 2 N–H and O–H groups in total. The van der Waals surface area contributed by atoms with Gasteiger partial charge in [0.25, 0.3) is 0 Å². The lowest BCUT2D eigenvalue weighted by molar-refractivity contribution is 0.238. The summed E-state index contributed by atoms with van der Waals surface area (Å²) < 4.78 is 2.42. The van der Waals surface area contributed by atoms with Crippen molar-refractivity contribution in [3.05, 3.63) is 48.5 Å². The van der Waals surface area contributed by atoms with Gasteiger partial charge >= 0.3 is 0 Å². The van der Waals surface area contributed by atoms with Crippen LogP contribution in [-0.4, -0.2) is 47.2 Å². The third-order valence-corrected chi connectivity index (χ3v) is 6.81. The van der Waals surface area contributed by atoms with Crippen LogP contribution in [-0.2, 0) is 0 Å². The topological polar surface area (TPSA) is 42.5 Å². The van der Waals surface area contributed by atoms with Gasteiger partial charge in [-0.05, 0) is 55.1 Å². The van der Waals surface area contributed by atoms with E-state index in [0.29, 0.717) is 5.92 Å². The lowest BCUT2D eigenvalue weighted by Gasteiger charge is -2.29. The van der Waals surface area contributed by atoms with Crippen LogP contribution in [0.2, 0.25) is 0 Å². The van der Waals surface area contributed by atoms with Gasteiger partial charge in [0.05, 0.1) is 0 Å². The number of hydrogen-bond donors (Lipinski definition) is 2. The van der Waals surface area contributed by atoms with Crippen molar-refractivity contribution in [2.45, 2.75) is 17.7 Å². The summed E-state index contributed by atoms with van der Waals surface area (Å²) in [6.07, 6.45) is 2.36. The number of hydrogen-bond acceptors (Lipinski definition) is 4. The molecular formula is C22H25N3OS. The van der Waals surface area contributed by atoms with Gasteiger partial charge < -0.3 is 15.0 Å². The van der Waals surface area contributed by atoms with Crippen LogP contribution in [0.4, 0.5) is 5.69 Å². The molecule has 0 spiro atoms. The minimum Gasteiger partial charge on any atom is -0.396 e. The van der Waals surface area contributed by atoms with Crippen molar-refractivity contribution in [3.8, 4) is 11.3 Å². The van der Waals surface area contributed by atoms with Gasteiger partial charge in [-0.25, -0.2) is 4.31 Å². The fourth-order valence-electron chi connectivity index (χ4n) is 4.01. The van der Waals surface area contributed by atoms with E-state index in [2.05, 4.69) is 62.7 Å². The van der Waals surface area contributed by atoms with E-state index >= 15 is 0 Å². The summed E-state index contributed by atoms with van der Waals surface area (Å²) in [5, 5.41) is 10.8. The van der Waals surface area contributed by atoms with Gasteiger partial charge in [-0.1, -0.05) is 18.2 Å². The van der Waals surface area contributed by atoms with Gasteiger partial charge in [0.2, 0.25) is 0 Å². The number of anilines is 1. The number of nitrogens with one attached hydrogen (secondary N) is 1. The molecule has 27 heavy (non-hydrogen) atoms. The van der Waals surface area contributed by atoms with Crippen molar-refractivity contribution in [1.29, 1.82) is 0 Å². The monoisotopic (exact) mass is 379 g/mol. The molecule has 1 unspecified atom stereocenters. The second-order valence-corrected chi connectivity index (χ2v) is 8.78. The Hall–Kier alpha value is -1.95. The Kier molecular flexibility index (Phi) is 4.60. The molecule has 2 saturated heterocycles. The van der Waals surface area contributed by atoms with Gasteiger partial charge in [-0.3, -0.25) is 0 Å². The Balaban J connectivity index is 1.55. The molecular weight excluding hydrogens is 354 g/mol. The van der Waals surface area contributed by atoms with E-state index in [-0.39, 0.29) is 6.61 Å². The molecule has 140 valence electrons. The largest absolute Gasteiger partial charge is 0.396 e. The minimum atomic E-state index is 0.279. The number of aromatic nitrogens is 1. The predicted octanol–water partition coefficient (Wildman–Crippen LogP) is 4.37. The molecule has 2 aromatic carbocycles. The second-order valence-electron chi connectivity index (χ2n) is 7.61. The number of aliphatic hydroxyl groups is 1. The maximum atomic E-state index is 9.55. The highest BCUT2D eigenvalue weighted by Gasteiger charge is 2.25. The summed E-state index contributed by atoms with van der Waals surface area (Å²) in [5.74, 6) is 0.385. The number of aliphatic hydroxyl groups excluding tert-OH is 1. The van der Waals surface area contributed by atoms with Crippen LogP contribution in [0.3, 0.4) is 0 Å². The highest BCUT2D eigenvalue weighted by Crippen LogP contribution is 2.39. The standard InChI is InChI=1S/C22H25N3OS/c26-15-16-8-11-24(14-16)22-7-6-18(27-25-9-3-10-25)13-19(22)21-12-17-4-1-2-5-20(17)23-21/h1-2,4-7,12-13,16,23,26H,3,8-11,14-15H2. The number of fused-ring (bicyclic) bond motifs is 1. The zero-order chi connectivity index (χ0) is 18.2. The minimum absolute atomic E-state index is 0.279. The van der Waals surface area contributed by atoms with Gasteiger partial charge in [-0.2, -0.15) is 0 Å². The number of benzene rings is 2. The first-order valence-electron chi connectivity index (χ1n) is 9.81. The molecule has 1 aromatic heterocycles. The van der Waals surface area contributed by atoms with Crippen LogP contribution in [0, 0.1) is 5.92 Å². The first-order chi connectivity index (χ1) is 13.3. The number of nitrogens with zero attached hydrogens (tertiary/aromatic N) is 2. The van der Waals surface area contributed by atoms with Crippen LogP contribution in [0.15, 0.2) is 53.4 Å². The molecule has 2 aliphatic rings. The highest BCUT2D eigenvalue weighted by molar-refractivity contribution is 7.97. The maximum absolute atomic E-state index is 9.55. The van der Waals surface area contributed by atoms with E-state index in [0.717, 1.165) is 19.5 Å². The zero-order valence-corrected chi connectivity index (χ0v) is 16.2. The molecule has 0 bridgehead atoms. The van der Waals surface area contributed by atoms with E-state index < -0.39 is 0 Å². The summed E-state index contributed by atoms with van der Waals surface area (Å²) in [6, 6.07) is 17.6. The lowest BCUT2D eigenvalue weighted by atomic mass is 10.1. The Morgan fingerprint density at radius 1 is 1.07 bits per heavy atom. The molecule has 0 radical (unpaired) electrons. The third kappa shape index (κ3) is 3.35. The zero-order valence-electron chi connectivity index (χ0n) is 15.4. The third-order valence-electron chi connectivity index (χ3n) is 5.72. The van der Waals surface area contributed by atoms with E-state index in [4.69, 9.17) is 0 Å². The van der Waals surface area contributed by atoms with E-state index in [1.54, 1.807) is 0 Å². The maximum Gasteiger partial charge on any atom is 0.0486 e. The summed E-state index contributed by atoms with van der Waals surface area (Å²) in [7, 11) is 0. The van der Waals surface area contributed by atoms with Gasteiger partial charge in [0, 0.05) is 71.4 Å². The molecule has 3 aromatic rings. The Morgan fingerprint density at radius 3 is 2.70 bits per heavy atom. The number of H-pyrrole nitrogens is 1. The number of aromatic amines is 1. The molecule has 2 fully saturated rings. The SMILES string of the molecule is OCC1CCN(c2ccc(SN3CCC3)cc2-c2cc3ccccc3[nH]2)C1. The van der Waals surface area contributed by atoms with Crippen LogP contribution in [0.5, 0.6) is 0 Å². The number of para-hydroxylation sites is 1. The summed E-state index contributed by atoms with van der Waals surface area (Å²) in [5.41, 5.74) is 4.87.